The number of nitrogens with zero attached hydrogens (tertiary/aromatic N) is 4. The molecule has 0 unspecified atom stereocenters. The first-order chi connectivity index (χ1) is 7.74. The lowest BCUT2D eigenvalue weighted by molar-refractivity contribution is 0.771. The molecule has 3 rings (SSSR count). The molecule has 0 atom stereocenters. The highest BCUT2D eigenvalue weighted by Crippen LogP contribution is 2.22. The van der Waals surface area contributed by atoms with Crippen LogP contribution in [-0.4, -0.2) is 19.6 Å². The fourth-order valence-electron chi connectivity index (χ4n) is 1.89. The molecule has 0 aliphatic rings. The van der Waals surface area contributed by atoms with Gasteiger partial charge in [0.1, 0.15) is 0 Å². The zero-order chi connectivity index (χ0) is 11.1. The van der Waals surface area contributed by atoms with E-state index in [1.807, 2.05) is 41.9 Å². The molecule has 0 N–H and O–H groups in total. The molecular weight excluding hydrogens is 200 g/mol. The van der Waals surface area contributed by atoms with E-state index < -0.39 is 0 Å². The molecule has 0 spiro atoms. The van der Waals surface area contributed by atoms with E-state index in [2.05, 4.69) is 28.4 Å². The van der Waals surface area contributed by atoms with Crippen LogP contribution in [0.3, 0.4) is 0 Å². The second-order valence-corrected chi connectivity index (χ2v) is 3.92. The van der Waals surface area contributed by atoms with Crippen molar-refractivity contribution < 1.29 is 0 Å². The normalized spacial score (nSPS) is 11.1. The van der Waals surface area contributed by atoms with Crippen molar-refractivity contribution in [2.24, 2.45) is 14.1 Å². The van der Waals surface area contributed by atoms with Crippen LogP contribution in [0.5, 0.6) is 0 Å². The minimum atomic E-state index is 0.994. The van der Waals surface area contributed by atoms with Gasteiger partial charge >= 0.3 is 0 Å². The van der Waals surface area contributed by atoms with Crippen molar-refractivity contribution in [3.05, 3.63) is 36.7 Å². The first kappa shape index (κ1) is 9.15. The molecule has 2 heterocycles. The maximum atomic E-state index is 4.38. The monoisotopic (exact) mass is 212 g/mol. The second kappa shape index (κ2) is 3.20. The van der Waals surface area contributed by atoms with Crippen molar-refractivity contribution in [2.75, 3.05) is 0 Å². The Bertz CT molecular complexity index is 648. The smallest absolute Gasteiger partial charge is 0.0923 e. The van der Waals surface area contributed by atoms with Crippen molar-refractivity contribution >= 4 is 10.9 Å². The van der Waals surface area contributed by atoms with E-state index in [0.29, 0.717) is 0 Å². The zero-order valence-corrected chi connectivity index (χ0v) is 9.25. The first-order valence-electron chi connectivity index (χ1n) is 5.16. The van der Waals surface area contributed by atoms with Crippen LogP contribution in [0.2, 0.25) is 0 Å². The molecule has 0 aliphatic heterocycles. The third kappa shape index (κ3) is 1.31. The molecule has 0 bridgehead atoms. The molecular formula is C12H12N4. The minimum Gasteiger partial charge on any atom is -0.275 e. The zero-order valence-electron chi connectivity index (χ0n) is 9.25. The van der Waals surface area contributed by atoms with Crippen molar-refractivity contribution in [3.8, 4) is 11.3 Å². The summed E-state index contributed by atoms with van der Waals surface area (Å²) in [6, 6.07) is 8.28. The standard InChI is InChI=1S/C12H12N4/c1-15-6-5-11(14-15)9-3-4-12-10(7-9)8-13-16(12)2/h3-8H,1-2H3. The number of aryl methyl sites for hydroxylation is 2. The summed E-state index contributed by atoms with van der Waals surface area (Å²) in [7, 11) is 3.87. The van der Waals surface area contributed by atoms with Gasteiger partial charge in [0.2, 0.25) is 0 Å². The highest BCUT2D eigenvalue weighted by Gasteiger charge is 2.04. The Morgan fingerprint density at radius 3 is 2.75 bits per heavy atom. The minimum absolute atomic E-state index is 0.994. The average Bonchev–Trinajstić information content (AvgIpc) is 2.86. The summed E-state index contributed by atoms with van der Waals surface area (Å²) in [5.41, 5.74) is 3.26. The molecule has 2 aromatic heterocycles. The molecule has 0 fully saturated rings. The molecule has 0 radical (unpaired) electrons. The van der Waals surface area contributed by atoms with Crippen molar-refractivity contribution in [1.29, 1.82) is 0 Å². The van der Waals surface area contributed by atoms with Crippen molar-refractivity contribution in [3.63, 3.8) is 0 Å². The summed E-state index contributed by atoms with van der Waals surface area (Å²) in [6.45, 7) is 0. The molecule has 80 valence electrons. The molecule has 3 aromatic rings. The van der Waals surface area contributed by atoms with E-state index in [4.69, 9.17) is 0 Å². The molecule has 0 amide bonds. The van der Waals surface area contributed by atoms with Gasteiger partial charge in [0.15, 0.2) is 0 Å². The Balaban J connectivity index is 2.18. The molecule has 0 saturated heterocycles. The largest absolute Gasteiger partial charge is 0.275 e. The Kier molecular flexibility index (Phi) is 1.83. The van der Waals surface area contributed by atoms with Gasteiger partial charge in [-0.15, -0.1) is 0 Å². The molecule has 0 saturated carbocycles. The van der Waals surface area contributed by atoms with Crippen molar-refractivity contribution in [1.82, 2.24) is 19.6 Å². The summed E-state index contributed by atoms with van der Waals surface area (Å²) in [4.78, 5) is 0. The van der Waals surface area contributed by atoms with Crippen LogP contribution >= 0.6 is 0 Å². The lowest BCUT2D eigenvalue weighted by Gasteiger charge is -1.98. The Morgan fingerprint density at radius 2 is 2.00 bits per heavy atom. The summed E-state index contributed by atoms with van der Waals surface area (Å²) in [6.07, 6.45) is 3.82. The predicted molar refractivity (Wildman–Crippen MR) is 62.9 cm³/mol. The Morgan fingerprint density at radius 1 is 1.12 bits per heavy atom. The van der Waals surface area contributed by atoms with Crippen LogP contribution in [0.25, 0.3) is 22.2 Å². The number of aromatic nitrogens is 4. The van der Waals surface area contributed by atoms with E-state index in [1.165, 1.54) is 0 Å². The number of hydrogen-bond acceptors (Lipinski definition) is 2. The highest BCUT2D eigenvalue weighted by atomic mass is 15.3. The molecule has 16 heavy (non-hydrogen) atoms. The maximum Gasteiger partial charge on any atom is 0.0923 e. The van der Waals surface area contributed by atoms with Gasteiger partial charge in [0, 0.05) is 31.2 Å². The Hall–Kier alpha value is -2.10. The van der Waals surface area contributed by atoms with E-state index in [9.17, 15) is 0 Å². The topological polar surface area (TPSA) is 35.6 Å². The molecule has 0 aliphatic carbocycles. The Labute approximate surface area is 93.1 Å². The van der Waals surface area contributed by atoms with Crippen LogP contribution < -0.4 is 0 Å². The number of benzene rings is 1. The van der Waals surface area contributed by atoms with Gasteiger partial charge in [-0.3, -0.25) is 9.36 Å². The third-order valence-corrected chi connectivity index (χ3v) is 2.76. The lowest BCUT2D eigenvalue weighted by atomic mass is 10.1. The summed E-state index contributed by atoms with van der Waals surface area (Å²) < 4.78 is 3.68. The van der Waals surface area contributed by atoms with Gasteiger partial charge < -0.3 is 0 Å². The fraction of sp³-hybridized carbons (Fsp3) is 0.167. The number of hydrogen-bond donors (Lipinski definition) is 0. The maximum absolute atomic E-state index is 4.38. The van der Waals surface area contributed by atoms with E-state index >= 15 is 0 Å². The summed E-state index contributed by atoms with van der Waals surface area (Å²) in [5.74, 6) is 0. The van der Waals surface area contributed by atoms with Crippen LogP contribution in [0.1, 0.15) is 0 Å². The van der Waals surface area contributed by atoms with E-state index in [1.54, 1.807) is 0 Å². The van der Waals surface area contributed by atoms with Crippen molar-refractivity contribution in [2.45, 2.75) is 0 Å². The van der Waals surface area contributed by atoms with E-state index in [-0.39, 0.29) is 0 Å². The summed E-state index contributed by atoms with van der Waals surface area (Å²) in [5, 5.41) is 9.75. The fourth-order valence-corrected chi connectivity index (χ4v) is 1.89. The van der Waals surface area contributed by atoms with Gasteiger partial charge in [-0.2, -0.15) is 10.2 Å². The van der Waals surface area contributed by atoms with Crippen LogP contribution in [-0.2, 0) is 14.1 Å². The SMILES string of the molecule is Cn1ccc(-c2ccc3c(cnn3C)c2)n1. The average molecular weight is 212 g/mol. The number of rotatable bonds is 1. The van der Waals surface area contributed by atoms with Gasteiger partial charge in [-0.25, -0.2) is 0 Å². The van der Waals surface area contributed by atoms with E-state index in [0.717, 1.165) is 22.2 Å². The van der Waals surface area contributed by atoms with Gasteiger partial charge in [0.25, 0.3) is 0 Å². The molecule has 1 aromatic carbocycles. The van der Waals surface area contributed by atoms with Crippen LogP contribution in [0.15, 0.2) is 36.7 Å². The van der Waals surface area contributed by atoms with Gasteiger partial charge in [-0.05, 0) is 18.2 Å². The first-order valence-corrected chi connectivity index (χ1v) is 5.16. The van der Waals surface area contributed by atoms with Gasteiger partial charge in [0.05, 0.1) is 17.4 Å². The quantitative estimate of drug-likeness (QED) is 0.618. The predicted octanol–water partition coefficient (Wildman–Crippen LogP) is 1.97. The highest BCUT2D eigenvalue weighted by molar-refractivity contribution is 5.83. The van der Waals surface area contributed by atoms with Crippen LogP contribution in [0, 0.1) is 0 Å². The van der Waals surface area contributed by atoms with Gasteiger partial charge in [-0.1, -0.05) is 6.07 Å². The third-order valence-electron chi connectivity index (χ3n) is 2.76. The lowest BCUT2D eigenvalue weighted by Crippen LogP contribution is -1.89. The van der Waals surface area contributed by atoms with Crippen LogP contribution in [0.4, 0.5) is 0 Å². The molecule has 4 nitrogen and oxygen atoms in total. The number of fused-ring (bicyclic) bond motifs is 1. The summed E-state index contributed by atoms with van der Waals surface area (Å²) >= 11 is 0. The second-order valence-electron chi connectivity index (χ2n) is 3.92. The molecule has 4 heteroatoms.